The van der Waals surface area contributed by atoms with Gasteiger partial charge in [0.05, 0.1) is 0 Å². The van der Waals surface area contributed by atoms with E-state index in [0.717, 1.165) is 0 Å². The lowest BCUT2D eigenvalue weighted by Gasteiger charge is -2.21. The fraction of sp³-hybridized carbons (Fsp3) is 0.667. The maximum Gasteiger partial charge on any atom is 0.457 e. The SMILES string of the molecule is CC(=C(F)C(F)(F)F)C(F)(F)C(F)(F)F. The molecule has 0 rings (SSSR count). The first-order valence-electron chi connectivity index (χ1n) is 3.20. The topological polar surface area (TPSA) is 0 Å². The predicted molar refractivity (Wildman–Crippen MR) is 30.9 cm³/mol. The number of rotatable bonds is 1. The molecule has 0 amide bonds. The van der Waals surface area contributed by atoms with Crippen molar-refractivity contribution >= 4 is 0 Å². The van der Waals surface area contributed by atoms with Crippen LogP contribution in [0.15, 0.2) is 11.4 Å². The second-order valence-corrected chi connectivity index (χ2v) is 2.51. The Morgan fingerprint density at radius 2 is 1.13 bits per heavy atom. The molecule has 0 aromatic rings. The molecule has 0 nitrogen and oxygen atoms in total. The van der Waals surface area contributed by atoms with Crippen LogP contribution in [0.25, 0.3) is 0 Å². The molecular formula is C6H3F9. The summed E-state index contributed by atoms with van der Waals surface area (Å²) in [7, 11) is 0. The Balaban J connectivity index is 5.44. The molecule has 0 aliphatic heterocycles. The van der Waals surface area contributed by atoms with Gasteiger partial charge in [0.25, 0.3) is 0 Å². The minimum atomic E-state index is -6.26. The van der Waals surface area contributed by atoms with Gasteiger partial charge in [0.2, 0.25) is 5.83 Å². The van der Waals surface area contributed by atoms with Crippen LogP contribution >= 0.6 is 0 Å². The average Bonchev–Trinajstić information content (AvgIpc) is 1.97. The maximum atomic E-state index is 12.2. The lowest BCUT2D eigenvalue weighted by molar-refractivity contribution is -0.266. The fourth-order valence-electron chi connectivity index (χ4n) is 0.563. The summed E-state index contributed by atoms with van der Waals surface area (Å²) in [6.45, 7) is -0.268. The van der Waals surface area contributed by atoms with Gasteiger partial charge < -0.3 is 0 Å². The van der Waals surface area contributed by atoms with Crippen molar-refractivity contribution in [1.29, 1.82) is 0 Å². The Hall–Kier alpha value is -0.890. The predicted octanol–water partition coefficient (Wildman–Crippen LogP) is 3.99. The lowest BCUT2D eigenvalue weighted by Crippen LogP contribution is -2.38. The molecule has 0 aromatic heterocycles. The highest BCUT2D eigenvalue weighted by molar-refractivity contribution is 5.20. The van der Waals surface area contributed by atoms with Gasteiger partial charge in [-0.25, -0.2) is 4.39 Å². The molecule has 0 aromatic carbocycles. The number of allylic oxidation sites excluding steroid dienone is 2. The summed E-state index contributed by atoms with van der Waals surface area (Å²) in [5, 5.41) is 0. The molecule has 0 fully saturated rings. The molecule has 0 aliphatic carbocycles. The van der Waals surface area contributed by atoms with Crippen LogP contribution < -0.4 is 0 Å². The number of hydrogen-bond acceptors (Lipinski definition) is 0. The first-order valence-corrected chi connectivity index (χ1v) is 3.20. The van der Waals surface area contributed by atoms with Crippen LogP contribution in [0.4, 0.5) is 39.5 Å². The third-order valence-corrected chi connectivity index (χ3v) is 1.41. The normalized spacial score (nSPS) is 16.4. The van der Waals surface area contributed by atoms with Crippen molar-refractivity contribution in [2.75, 3.05) is 0 Å². The molecule has 0 saturated heterocycles. The summed E-state index contributed by atoms with van der Waals surface area (Å²) in [5.74, 6) is -9.28. The van der Waals surface area contributed by atoms with Gasteiger partial charge in [-0.15, -0.1) is 0 Å². The first-order chi connectivity index (χ1) is 6.32. The van der Waals surface area contributed by atoms with Gasteiger partial charge in [0.15, 0.2) is 0 Å². The van der Waals surface area contributed by atoms with Gasteiger partial charge in [0, 0.05) is 5.57 Å². The van der Waals surface area contributed by atoms with Crippen molar-refractivity contribution in [3.8, 4) is 0 Å². The zero-order chi connectivity index (χ0) is 12.7. The van der Waals surface area contributed by atoms with E-state index in [1.54, 1.807) is 0 Å². The van der Waals surface area contributed by atoms with E-state index in [2.05, 4.69) is 0 Å². The van der Waals surface area contributed by atoms with Gasteiger partial charge >= 0.3 is 18.3 Å². The highest BCUT2D eigenvalue weighted by atomic mass is 19.4. The van der Waals surface area contributed by atoms with Crippen molar-refractivity contribution in [2.45, 2.75) is 25.2 Å². The minimum Gasteiger partial charge on any atom is -0.202 e. The molecule has 0 N–H and O–H groups in total. The Labute approximate surface area is 77.4 Å². The van der Waals surface area contributed by atoms with Crippen molar-refractivity contribution in [3.05, 3.63) is 11.4 Å². The van der Waals surface area contributed by atoms with E-state index < -0.39 is 29.7 Å². The molecule has 15 heavy (non-hydrogen) atoms. The molecule has 0 heterocycles. The standard InChI is InChI=1S/C6H3F9/c1-2(3(7)5(10,11)12)4(8,9)6(13,14)15/h1H3. The van der Waals surface area contributed by atoms with E-state index in [-0.39, 0.29) is 6.92 Å². The Bertz CT molecular complexity index is 265. The maximum absolute atomic E-state index is 12.2. The molecule has 0 spiro atoms. The van der Waals surface area contributed by atoms with Crippen LogP contribution in [0, 0.1) is 0 Å². The van der Waals surface area contributed by atoms with Crippen LogP contribution in [0.1, 0.15) is 6.92 Å². The zero-order valence-electron chi connectivity index (χ0n) is 6.90. The zero-order valence-corrected chi connectivity index (χ0v) is 6.90. The quantitative estimate of drug-likeness (QED) is 0.613. The Kier molecular flexibility index (Phi) is 3.39. The van der Waals surface area contributed by atoms with E-state index in [1.807, 2.05) is 0 Å². The van der Waals surface area contributed by atoms with E-state index >= 15 is 0 Å². The summed E-state index contributed by atoms with van der Waals surface area (Å²) < 4.78 is 105. The second-order valence-electron chi connectivity index (χ2n) is 2.51. The third-order valence-electron chi connectivity index (χ3n) is 1.41. The van der Waals surface area contributed by atoms with E-state index in [1.165, 1.54) is 0 Å². The summed E-state index contributed by atoms with van der Waals surface area (Å²) in [6, 6.07) is 0. The van der Waals surface area contributed by atoms with Gasteiger partial charge in [-0.05, 0) is 6.92 Å². The lowest BCUT2D eigenvalue weighted by atomic mass is 10.1. The van der Waals surface area contributed by atoms with E-state index in [4.69, 9.17) is 0 Å². The van der Waals surface area contributed by atoms with Crippen molar-refractivity contribution in [1.82, 2.24) is 0 Å². The van der Waals surface area contributed by atoms with Gasteiger partial charge in [0.1, 0.15) is 0 Å². The van der Waals surface area contributed by atoms with Gasteiger partial charge in [-0.3, -0.25) is 0 Å². The van der Waals surface area contributed by atoms with E-state index in [9.17, 15) is 39.5 Å². The highest BCUT2D eigenvalue weighted by Gasteiger charge is 2.61. The smallest absolute Gasteiger partial charge is 0.202 e. The van der Waals surface area contributed by atoms with Crippen LogP contribution in [0.3, 0.4) is 0 Å². The Morgan fingerprint density at radius 1 is 0.800 bits per heavy atom. The molecule has 9 heteroatoms. The fourth-order valence-corrected chi connectivity index (χ4v) is 0.563. The van der Waals surface area contributed by atoms with E-state index in [0.29, 0.717) is 0 Å². The van der Waals surface area contributed by atoms with Crippen molar-refractivity contribution in [2.24, 2.45) is 0 Å². The third kappa shape index (κ3) is 2.78. The number of hydrogen-bond donors (Lipinski definition) is 0. The Morgan fingerprint density at radius 3 is 1.33 bits per heavy atom. The molecule has 0 atom stereocenters. The largest absolute Gasteiger partial charge is 0.457 e. The van der Waals surface area contributed by atoms with Gasteiger partial charge in [-0.2, -0.15) is 35.1 Å². The number of alkyl halides is 8. The second kappa shape index (κ2) is 3.60. The molecule has 0 unspecified atom stereocenters. The minimum absolute atomic E-state index is 0.268. The summed E-state index contributed by atoms with van der Waals surface area (Å²) in [5.41, 5.74) is -2.71. The molecular weight excluding hydrogens is 243 g/mol. The highest BCUT2D eigenvalue weighted by Crippen LogP contribution is 2.44. The van der Waals surface area contributed by atoms with Gasteiger partial charge in [-0.1, -0.05) is 0 Å². The summed E-state index contributed by atoms with van der Waals surface area (Å²) >= 11 is 0. The van der Waals surface area contributed by atoms with Crippen LogP contribution in [-0.2, 0) is 0 Å². The molecule has 0 saturated carbocycles. The van der Waals surface area contributed by atoms with Crippen molar-refractivity contribution in [3.63, 3.8) is 0 Å². The monoisotopic (exact) mass is 246 g/mol. The van der Waals surface area contributed by atoms with Crippen LogP contribution in [0.2, 0.25) is 0 Å². The van der Waals surface area contributed by atoms with Crippen LogP contribution in [-0.4, -0.2) is 18.3 Å². The molecule has 0 radical (unpaired) electrons. The summed E-state index contributed by atoms with van der Waals surface area (Å²) in [6.07, 6.45) is -12.1. The molecule has 0 aliphatic rings. The first kappa shape index (κ1) is 14.1. The molecule has 0 bridgehead atoms. The van der Waals surface area contributed by atoms with Crippen molar-refractivity contribution < 1.29 is 39.5 Å². The summed E-state index contributed by atoms with van der Waals surface area (Å²) in [4.78, 5) is 0. The number of halogens is 9. The van der Waals surface area contributed by atoms with Crippen LogP contribution in [0.5, 0.6) is 0 Å². The molecule has 90 valence electrons. The average molecular weight is 246 g/mol.